The zero-order chi connectivity index (χ0) is 15.1. The number of benzene rings is 1. The van der Waals surface area contributed by atoms with Crippen LogP contribution in [0, 0.1) is 0 Å². The van der Waals surface area contributed by atoms with Crippen molar-refractivity contribution in [3.63, 3.8) is 0 Å². The molecule has 1 heterocycles. The lowest BCUT2D eigenvalue weighted by Gasteiger charge is -2.26. The van der Waals surface area contributed by atoms with Gasteiger partial charge in [-0.25, -0.2) is 4.98 Å². The fourth-order valence-electron chi connectivity index (χ4n) is 2.32. The maximum atomic E-state index is 5.91. The Morgan fingerprint density at radius 3 is 2.48 bits per heavy atom. The Morgan fingerprint density at radius 2 is 1.90 bits per heavy atom. The highest BCUT2D eigenvalue weighted by Gasteiger charge is 2.22. The largest absolute Gasteiger partial charge is 0.309 e. The standard InChI is InChI=1S/C17H21ClN2S/c1-3-15(21-16-11-10-14(18)12-20-16)17(19-4-2)13-8-6-5-7-9-13/h5-12,15,17,19H,3-4H2,1-2H3. The Bertz CT molecular complexity index is 530. The highest BCUT2D eigenvalue weighted by atomic mass is 35.5. The molecule has 2 rings (SSSR count). The van der Waals surface area contributed by atoms with Crippen molar-refractivity contribution in [2.75, 3.05) is 6.54 Å². The van der Waals surface area contributed by atoms with Crippen LogP contribution in [0.2, 0.25) is 5.02 Å². The number of rotatable bonds is 7. The predicted octanol–water partition coefficient (Wildman–Crippen LogP) is 4.96. The molecule has 0 spiro atoms. The van der Waals surface area contributed by atoms with Gasteiger partial charge in [0.15, 0.2) is 0 Å². The Morgan fingerprint density at radius 1 is 1.14 bits per heavy atom. The van der Waals surface area contributed by atoms with Gasteiger partial charge in [-0.2, -0.15) is 0 Å². The summed E-state index contributed by atoms with van der Waals surface area (Å²) in [7, 11) is 0. The highest BCUT2D eigenvalue weighted by molar-refractivity contribution is 7.99. The quantitative estimate of drug-likeness (QED) is 0.730. The van der Waals surface area contributed by atoms with Gasteiger partial charge in [-0.15, -0.1) is 11.8 Å². The minimum Gasteiger partial charge on any atom is -0.309 e. The number of thioether (sulfide) groups is 1. The number of hydrogen-bond donors (Lipinski definition) is 1. The van der Waals surface area contributed by atoms with Crippen LogP contribution in [0.3, 0.4) is 0 Å². The van der Waals surface area contributed by atoms with Crippen molar-refractivity contribution >= 4 is 23.4 Å². The third-order valence-electron chi connectivity index (χ3n) is 3.33. The van der Waals surface area contributed by atoms with Gasteiger partial charge in [0.1, 0.15) is 0 Å². The number of hydrogen-bond acceptors (Lipinski definition) is 3. The Kier molecular flexibility index (Phi) is 6.55. The second kappa shape index (κ2) is 8.42. The van der Waals surface area contributed by atoms with E-state index in [9.17, 15) is 0 Å². The predicted molar refractivity (Wildman–Crippen MR) is 92.0 cm³/mol. The molecule has 4 heteroatoms. The summed E-state index contributed by atoms with van der Waals surface area (Å²) < 4.78 is 0. The topological polar surface area (TPSA) is 24.9 Å². The van der Waals surface area contributed by atoms with Crippen molar-refractivity contribution in [2.24, 2.45) is 0 Å². The molecule has 1 N–H and O–H groups in total. The van der Waals surface area contributed by atoms with Gasteiger partial charge in [0, 0.05) is 17.5 Å². The molecule has 21 heavy (non-hydrogen) atoms. The Hall–Kier alpha value is -1.03. The van der Waals surface area contributed by atoms with E-state index in [0.29, 0.717) is 16.3 Å². The van der Waals surface area contributed by atoms with Crippen LogP contribution in [-0.2, 0) is 0 Å². The average Bonchev–Trinajstić information content (AvgIpc) is 2.53. The van der Waals surface area contributed by atoms with Gasteiger partial charge >= 0.3 is 0 Å². The summed E-state index contributed by atoms with van der Waals surface area (Å²) in [5.74, 6) is 0. The van der Waals surface area contributed by atoms with Crippen molar-refractivity contribution in [1.29, 1.82) is 0 Å². The van der Waals surface area contributed by atoms with Crippen LogP contribution in [0.5, 0.6) is 0 Å². The first-order valence-electron chi connectivity index (χ1n) is 7.31. The summed E-state index contributed by atoms with van der Waals surface area (Å²) in [5, 5.41) is 5.74. The molecule has 0 fully saturated rings. The number of aromatic nitrogens is 1. The van der Waals surface area contributed by atoms with E-state index >= 15 is 0 Å². The number of pyridine rings is 1. The SMILES string of the molecule is CCNC(c1ccccc1)C(CC)Sc1ccc(Cl)cn1. The van der Waals surface area contributed by atoms with Crippen molar-refractivity contribution in [3.8, 4) is 0 Å². The fraction of sp³-hybridized carbons (Fsp3) is 0.353. The van der Waals surface area contributed by atoms with Gasteiger partial charge in [-0.05, 0) is 30.7 Å². The molecule has 2 atom stereocenters. The summed E-state index contributed by atoms with van der Waals surface area (Å²) in [4.78, 5) is 4.41. The molecule has 112 valence electrons. The second-order valence-electron chi connectivity index (χ2n) is 4.83. The number of nitrogens with one attached hydrogen (secondary N) is 1. The van der Waals surface area contributed by atoms with Crippen molar-refractivity contribution in [2.45, 2.75) is 36.6 Å². The van der Waals surface area contributed by atoms with Crippen molar-refractivity contribution < 1.29 is 0 Å². The zero-order valence-corrected chi connectivity index (χ0v) is 14.0. The lowest BCUT2D eigenvalue weighted by Crippen LogP contribution is -2.29. The molecule has 2 aromatic rings. The highest BCUT2D eigenvalue weighted by Crippen LogP contribution is 2.33. The molecule has 0 bridgehead atoms. The van der Waals surface area contributed by atoms with Gasteiger partial charge < -0.3 is 5.32 Å². The van der Waals surface area contributed by atoms with Crippen LogP contribution in [-0.4, -0.2) is 16.8 Å². The van der Waals surface area contributed by atoms with Crippen molar-refractivity contribution in [3.05, 3.63) is 59.2 Å². The fourth-order valence-corrected chi connectivity index (χ4v) is 3.56. The van der Waals surface area contributed by atoms with E-state index in [0.717, 1.165) is 18.0 Å². The molecule has 1 aromatic carbocycles. The number of halogens is 1. The van der Waals surface area contributed by atoms with E-state index in [1.54, 1.807) is 6.20 Å². The van der Waals surface area contributed by atoms with Crippen LogP contribution in [0.25, 0.3) is 0 Å². The molecule has 0 saturated carbocycles. The minimum absolute atomic E-state index is 0.323. The Labute approximate surface area is 136 Å². The lowest BCUT2D eigenvalue weighted by molar-refractivity contribution is 0.521. The Balaban J connectivity index is 2.17. The molecule has 0 amide bonds. The van der Waals surface area contributed by atoms with Crippen LogP contribution in [0.1, 0.15) is 31.9 Å². The molecule has 0 saturated heterocycles. The normalized spacial score (nSPS) is 13.9. The maximum absolute atomic E-state index is 5.91. The lowest BCUT2D eigenvalue weighted by atomic mass is 10.0. The molecule has 0 aliphatic carbocycles. The van der Waals surface area contributed by atoms with Crippen molar-refractivity contribution in [1.82, 2.24) is 10.3 Å². The van der Waals surface area contributed by atoms with Gasteiger partial charge in [0.05, 0.1) is 10.0 Å². The first-order chi connectivity index (χ1) is 10.2. The van der Waals surface area contributed by atoms with E-state index in [-0.39, 0.29) is 0 Å². The zero-order valence-electron chi connectivity index (χ0n) is 12.4. The molecular weight excluding hydrogens is 300 g/mol. The average molecular weight is 321 g/mol. The molecular formula is C17H21ClN2S. The van der Waals surface area contributed by atoms with E-state index in [1.165, 1.54) is 5.56 Å². The summed E-state index contributed by atoms with van der Waals surface area (Å²) >= 11 is 7.71. The monoisotopic (exact) mass is 320 g/mol. The molecule has 0 aliphatic rings. The maximum Gasteiger partial charge on any atom is 0.0964 e. The summed E-state index contributed by atoms with van der Waals surface area (Å²) in [6, 6.07) is 14.8. The van der Waals surface area contributed by atoms with Crippen LogP contribution >= 0.6 is 23.4 Å². The molecule has 1 aromatic heterocycles. The molecule has 0 radical (unpaired) electrons. The van der Waals surface area contributed by atoms with E-state index in [1.807, 2.05) is 23.9 Å². The van der Waals surface area contributed by atoms with Gasteiger partial charge in [0.2, 0.25) is 0 Å². The number of nitrogens with zero attached hydrogens (tertiary/aromatic N) is 1. The van der Waals surface area contributed by atoms with Crippen LogP contribution < -0.4 is 5.32 Å². The summed E-state index contributed by atoms with van der Waals surface area (Å²) in [6.45, 7) is 5.32. The second-order valence-corrected chi connectivity index (χ2v) is 6.52. The summed E-state index contributed by atoms with van der Waals surface area (Å²) in [6.07, 6.45) is 2.78. The van der Waals surface area contributed by atoms with E-state index in [2.05, 4.69) is 54.5 Å². The summed E-state index contributed by atoms with van der Waals surface area (Å²) in [5.41, 5.74) is 1.33. The third-order valence-corrected chi connectivity index (χ3v) is 4.94. The third kappa shape index (κ3) is 4.73. The molecule has 2 nitrogen and oxygen atoms in total. The first-order valence-corrected chi connectivity index (χ1v) is 8.56. The molecule has 2 unspecified atom stereocenters. The molecule has 0 aliphatic heterocycles. The first kappa shape index (κ1) is 16.3. The van der Waals surface area contributed by atoms with Gasteiger partial charge in [-0.1, -0.05) is 55.8 Å². The van der Waals surface area contributed by atoms with Crippen LogP contribution in [0.15, 0.2) is 53.7 Å². The smallest absolute Gasteiger partial charge is 0.0964 e. The van der Waals surface area contributed by atoms with E-state index in [4.69, 9.17) is 11.6 Å². The van der Waals surface area contributed by atoms with Crippen LogP contribution in [0.4, 0.5) is 0 Å². The van der Waals surface area contributed by atoms with E-state index < -0.39 is 0 Å². The van der Waals surface area contributed by atoms with Gasteiger partial charge in [-0.3, -0.25) is 0 Å². The minimum atomic E-state index is 0.323. The van der Waals surface area contributed by atoms with Gasteiger partial charge in [0.25, 0.3) is 0 Å².